The first-order valence-electron chi connectivity index (χ1n) is 5.10. The largest absolute Gasteiger partial charge is 0.497 e. The van der Waals surface area contributed by atoms with Crippen LogP contribution in [0.4, 0.5) is 0 Å². The summed E-state index contributed by atoms with van der Waals surface area (Å²) in [6, 6.07) is 7.55. The molecular weight excluding hydrogens is 206 g/mol. The lowest BCUT2D eigenvalue weighted by molar-refractivity contribution is -0.130. The monoisotopic (exact) mass is 223 g/mol. The van der Waals surface area contributed by atoms with E-state index in [1.54, 1.807) is 14.0 Å². The molecule has 4 heteroatoms. The lowest BCUT2D eigenvalue weighted by atomic mass is 10.2. The molecular formula is C12H17NO3. The highest BCUT2D eigenvalue weighted by molar-refractivity contribution is 5.80. The molecule has 0 aliphatic rings. The Bertz CT molecular complexity index is 335. The molecule has 0 spiro atoms. The first kappa shape index (κ1) is 12.5. The minimum absolute atomic E-state index is 0.113. The second kappa shape index (κ2) is 6.12. The van der Waals surface area contributed by atoms with Crippen LogP contribution in [0.15, 0.2) is 24.3 Å². The van der Waals surface area contributed by atoms with Crippen LogP contribution in [0.5, 0.6) is 5.75 Å². The number of nitrogens with one attached hydrogen (secondary N) is 1. The van der Waals surface area contributed by atoms with Crippen molar-refractivity contribution < 1.29 is 14.3 Å². The van der Waals surface area contributed by atoms with E-state index in [4.69, 9.17) is 9.47 Å². The van der Waals surface area contributed by atoms with E-state index in [1.165, 1.54) is 7.11 Å². The van der Waals surface area contributed by atoms with Gasteiger partial charge in [0.05, 0.1) is 7.11 Å². The van der Waals surface area contributed by atoms with Crippen molar-refractivity contribution in [2.45, 2.75) is 19.6 Å². The molecule has 0 saturated heterocycles. The molecule has 1 aromatic carbocycles. The van der Waals surface area contributed by atoms with E-state index >= 15 is 0 Å². The Labute approximate surface area is 95.6 Å². The van der Waals surface area contributed by atoms with Gasteiger partial charge in [-0.15, -0.1) is 0 Å². The van der Waals surface area contributed by atoms with Gasteiger partial charge in [0.15, 0.2) is 0 Å². The molecule has 0 aliphatic carbocycles. The molecule has 4 nitrogen and oxygen atoms in total. The van der Waals surface area contributed by atoms with Gasteiger partial charge in [-0.3, -0.25) is 4.79 Å². The number of rotatable bonds is 5. The third-order valence-corrected chi connectivity index (χ3v) is 2.35. The molecule has 0 fully saturated rings. The Morgan fingerprint density at radius 1 is 1.31 bits per heavy atom. The summed E-state index contributed by atoms with van der Waals surface area (Å²) in [7, 11) is 3.13. The van der Waals surface area contributed by atoms with Gasteiger partial charge in [-0.1, -0.05) is 12.1 Å². The number of ether oxygens (including phenoxy) is 2. The number of amides is 1. The Morgan fingerprint density at radius 2 is 1.94 bits per heavy atom. The summed E-state index contributed by atoms with van der Waals surface area (Å²) in [6.45, 7) is 2.21. The first-order valence-corrected chi connectivity index (χ1v) is 5.10. The number of carbonyl (C=O) groups is 1. The average Bonchev–Trinajstić information content (AvgIpc) is 2.35. The Kier molecular flexibility index (Phi) is 4.79. The Balaban J connectivity index is 2.45. The molecule has 0 heterocycles. The molecule has 0 radical (unpaired) electrons. The fraction of sp³-hybridized carbons (Fsp3) is 0.417. The van der Waals surface area contributed by atoms with Gasteiger partial charge >= 0.3 is 0 Å². The highest BCUT2D eigenvalue weighted by Crippen LogP contribution is 2.10. The lowest BCUT2D eigenvalue weighted by Gasteiger charge is -2.10. The van der Waals surface area contributed by atoms with Crippen molar-refractivity contribution >= 4 is 5.91 Å². The van der Waals surface area contributed by atoms with Gasteiger partial charge < -0.3 is 14.8 Å². The van der Waals surface area contributed by atoms with Crippen LogP contribution < -0.4 is 10.1 Å². The van der Waals surface area contributed by atoms with E-state index in [9.17, 15) is 4.79 Å². The van der Waals surface area contributed by atoms with Crippen LogP contribution in [0, 0.1) is 0 Å². The summed E-state index contributed by atoms with van der Waals surface area (Å²) >= 11 is 0. The van der Waals surface area contributed by atoms with Crippen molar-refractivity contribution in [1.82, 2.24) is 5.32 Å². The maximum Gasteiger partial charge on any atom is 0.249 e. The standard InChI is InChI=1S/C12H17NO3/c1-9(15-2)12(14)13-8-10-4-6-11(16-3)7-5-10/h4-7,9H,8H2,1-3H3,(H,13,14). The maximum absolute atomic E-state index is 11.4. The smallest absolute Gasteiger partial charge is 0.249 e. The molecule has 1 unspecified atom stereocenters. The third-order valence-electron chi connectivity index (χ3n) is 2.35. The third kappa shape index (κ3) is 3.55. The SMILES string of the molecule is COc1ccc(CNC(=O)C(C)OC)cc1. The van der Waals surface area contributed by atoms with Crippen LogP contribution in [0.25, 0.3) is 0 Å². The number of hydrogen-bond donors (Lipinski definition) is 1. The predicted octanol–water partition coefficient (Wildman–Crippen LogP) is 1.35. The van der Waals surface area contributed by atoms with E-state index < -0.39 is 6.10 Å². The van der Waals surface area contributed by atoms with Crippen molar-refractivity contribution in [3.05, 3.63) is 29.8 Å². The van der Waals surface area contributed by atoms with Gasteiger partial charge in [-0.2, -0.15) is 0 Å². The van der Waals surface area contributed by atoms with Crippen molar-refractivity contribution in [3.8, 4) is 5.75 Å². The van der Waals surface area contributed by atoms with E-state index in [0.29, 0.717) is 6.54 Å². The normalized spacial score (nSPS) is 11.9. The van der Waals surface area contributed by atoms with Gasteiger partial charge in [0.1, 0.15) is 11.9 Å². The molecule has 0 saturated carbocycles. The molecule has 88 valence electrons. The van der Waals surface area contributed by atoms with E-state index in [1.807, 2.05) is 24.3 Å². The second-order valence-corrected chi connectivity index (χ2v) is 3.44. The van der Waals surface area contributed by atoms with Gasteiger partial charge in [-0.05, 0) is 24.6 Å². The summed E-state index contributed by atoms with van der Waals surface area (Å²) in [4.78, 5) is 11.4. The molecule has 0 aromatic heterocycles. The number of hydrogen-bond acceptors (Lipinski definition) is 3. The number of carbonyl (C=O) groups excluding carboxylic acids is 1. The zero-order chi connectivity index (χ0) is 12.0. The van der Waals surface area contributed by atoms with Crippen molar-refractivity contribution in [1.29, 1.82) is 0 Å². The minimum Gasteiger partial charge on any atom is -0.497 e. The molecule has 1 N–H and O–H groups in total. The highest BCUT2D eigenvalue weighted by Gasteiger charge is 2.10. The zero-order valence-electron chi connectivity index (χ0n) is 9.82. The first-order chi connectivity index (χ1) is 7.67. The molecule has 1 amide bonds. The number of methoxy groups -OCH3 is 2. The van der Waals surface area contributed by atoms with Crippen LogP contribution in [-0.4, -0.2) is 26.2 Å². The van der Waals surface area contributed by atoms with Crippen LogP contribution >= 0.6 is 0 Å². The second-order valence-electron chi connectivity index (χ2n) is 3.44. The van der Waals surface area contributed by atoms with Gasteiger partial charge in [0, 0.05) is 13.7 Å². The molecule has 0 aliphatic heterocycles. The lowest BCUT2D eigenvalue weighted by Crippen LogP contribution is -2.33. The van der Waals surface area contributed by atoms with Crippen molar-refractivity contribution in [3.63, 3.8) is 0 Å². The Morgan fingerprint density at radius 3 is 2.44 bits per heavy atom. The highest BCUT2D eigenvalue weighted by atomic mass is 16.5. The van der Waals surface area contributed by atoms with Crippen LogP contribution in [0.1, 0.15) is 12.5 Å². The van der Waals surface area contributed by atoms with Crippen LogP contribution in [0.3, 0.4) is 0 Å². The average molecular weight is 223 g/mol. The van der Waals surface area contributed by atoms with Crippen LogP contribution in [0.2, 0.25) is 0 Å². The van der Waals surface area contributed by atoms with E-state index in [2.05, 4.69) is 5.32 Å². The summed E-state index contributed by atoms with van der Waals surface area (Å²) in [5.41, 5.74) is 1.03. The molecule has 1 rings (SSSR count). The molecule has 16 heavy (non-hydrogen) atoms. The molecule has 1 aromatic rings. The van der Waals surface area contributed by atoms with E-state index in [0.717, 1.165) is 11.3 Å². The van der Waals surface area contributed by atoms with Crippen molar-refractivity contribution in [2.24, 2.45) is 0 Å². The summed E-state index contributed by atoms with van der Waals surface area (Å²) in [5, 5.41) is 2.78. The Hall–Kier alpha value is -1.55. The fourth-order valence-corrected chi connectivity index (χ4v) is 1.18. The zero-order valence-corrected chi connectivity index (χ0v) is 9.82. The summed E-state index contributed by atoms with van der Waals surface area (Å²) in [6.07, 6.45) is -0.418. The molecule has 0 bridgehead atoms. The minimum atomic E-state index is -0.418. The predicted molar refractivity (Wildman–Crippen MR) is 61.3 cm³/mol. The van der Waals surface area contributed by atoms with Gasteiger partial charge in [-0.25, -0.2) is 0 Å². The number of benzene rings is 1. The van der Waals surface area contributed by atoms with E-state index in [-0.39, 0.29) is 5.91 Å². The van der Waals surface area contributed by atoms with Gasteiger partial charge in [0.2, 0.25) is 5.91 Å². The van der Waals surface area contributed by atoms with Gasteiger partial charge in [0.25, 0.3) is 0 Å². The summed E-state index contributed by atoms with van der Waals surface area (Å²) < 4.78 is 9.95. The topological polar surface area (TPSA) is 47.6 Å². The quantitative estimate of drug-likeness (QED) is 0.819. The summed E-state index contributed by atoms with van der Waals surface area (Å²) in [5.74, 6) is 0.693. The fourth-order valence-electron chi connectivity index (χ4n) is 1.18. The molecule has 1 atom stereocenters. The van der Waals surface area contributed by atoms with Crippen LogP contribution in [-0.2, 0) is 16.1 Å². The maximum atomic E-state index is 11.4. The van der Waals surface area contributed by atoms with Crippen molar-refractivity contribution in [2.75, 3.05) is 14.2 Å².